The molecule has 0 unspecified atom stereocenters. The van der Waals surface area contributed by atoms with Gasteiger partial charge in [0.05, 0.1) is 7.11 Å². The van der Waals surface area contributed by atoms with E-state index in [9.17, 15) is 13.2 Å². The number of piperazine rings is 1. The molecule has 7 nitrogen and oxygen atoms in total. The summed E-state index contributed by atoms with van der Waals surface area (Å²) in [5.74, 6) is 0.736. The molecule has 0 atom stereocenters. The second-order valence-corrected chi connectivity index (χ2v) is 8.74. The van der Waals surface area contributed by atoms with Gasteiger partial charge in [-0.2, -0.15) is 0 Å². The van der Waals surface area contributed by atoms with Crippen LogP contribution in [-0.4, -0.2) is 71.0 Å². The van der Waals surface area contributed by atoms with Crippen molar-refractivity contribution in [2.45, 2.75) is 25.2 Å². The number of benzene rings is 1. The third-order valence-electron chi connectivity index (χ3n) is 4.65. The van der Waals surface area contributed by atoms with E-state index < -0.39 is 10.0 Å². The highest BCUT2D eigenvalue weighted by atomic mass is 32.2. The highest BCUT2D eigenvalue weighted by molar-refractivity contribution is 7.89. The molecule has 0 bridgehead atoms. The van der Waals surface area contributed by atoms with E-state index >= 15 is 0 Å². The minimum atomic E-state index is -3.71. The first-order chi connectivity index (χ1) is 12.3. The van der Waals surface area contributed by atoms with Crippen LogP contribution in [0.1, 0.15) is 30.6 Å². The lowest BCUT2D eigenvalue weighted by molar-refractivity contribution is 0.0631. The van der Waals surface area contributed by atoms with E-state index in [-0.39, 0.29) is 16.6 Å². The average Bonchev–Trinajstić information content (AvgIpc) is 2.65. The molecule has 0 saturated carbocycles. The largest absolute Gasteiger partial charge is 0.495 e. The quantitative estimate of drug-likeness (QED) is 0.770. The van der Waals surface area contributed by atoms with Crippen LogP contribution in [0.5, 0.6) is 5.75 Å². The number of hydrogen-bond acceptors (Lipinski definition) is 5. The van der Waals surface area contributed by atoms with Crippen LogP contribution in [0.4, 0.5) is 0 Å². The number of amides is 1. The SMILES string of the molecule is CNS(=O)(=O)c1cc(C(=O)N2CCN(CCC(C)C)CC2)ccc1OC. The van der Waals surface area contributed by atoms with Crippen LogP contribution in [0.3, 0.4) is 0 Å². The summed E-state index contributed by atoms with van der Waals surface area (Å²) in [7, 11) is -0.968. The number of nitrogens with zero attached hydrogens (tertiary/aromatic N) is 2. The second kappa shape index (κ2) is 8.83. The Morgan fingerprint density at radius 3 is 2.42 bits per heavy atom. The van der Waals surface area contributed by atoms with Gasteiger partial charge in [0.1, 0.15) is 10.6 Å². The Morgan fingerprint density at radius 2 is 1.88 bits per heavy atom. The molecule has 1 aliphatic heterocycles. The van der Waals surface area contributed by atoms with Gasteiger partial charge in [-0.05, 0) is 44.1 Å². The Balaban J connectivity index is 2.10. The molecule has 1 fully saturated rings. The van der Waals surface area contributed by atoms with Crippen molar-refractivity contribution in [1.29, 1.82) is 0 Å². The lowest BCUT2D eigenvalue weighted by Crippen LogP contribution is -2.49. The van der Waals surface area contributed by atoms with Crippen LogP contribution in [0, 0.1) is 5.92 Å². The lowest BCUT2D eigenvalue weighted by atomic mass is 10.1. The fraction of sp³-hybridized carbons (Fsp3) is 0.611. The Morgan fingerprint density at radius 1 is 1.23 bits per heavy atom. The van der Waals surface area contributed by atoms with Crippen molar-refractivity contribution in [1.82, 2.24) is 14.5 Å². The smallest absolute Gasteiger partial charge is 0.253 e. The average molecular weight is 384 g/mol. The number of carbonyl (C=O) groups is 1. The molecule has 1 saturated heterocycles. The van der Waals surface area contributed by atoms with Crippen molar-refractivity contribution < 1.29 is 17.9 Å². The number of ether oxygens (including phenoxy) is 1. The van der Waals surface area contributed by atoms with Gasteiger partial charge in [-0.25, -0.2) is 13.1 Å². The van der Waals surface area contributed by atoms with Crippen molar-refractivity contribution in [3.63, 3.8) is 0 Å². The fourth-order valence-electron chi connectivity index (χ4n) is 2.93. The summed E-state index contributed by atoms with van der Waals surface area (Å²) in [5, 5.41) is 0. The van der Waals surface area contributed by atoms with Crippen molar-refractivity contribution in [3.05, 3.63) is 23.8 Å². The van der Waals surface area contributed by atoms with Crippen molar-refractivity contribution >= 4 is 15.9 Å². The van der Waals surface area contributed by atoms with E-state index in [0.717, 1.165) is 26.1 Å². The maximum Gasteiger partial charge on any atom is 0.253 e. The molecule has 26 heavy (non-hydrogen) atoms. The molecule has 1 aromatic rings. The lowest BCUT2D eigenvalue weighted by Gasteiger charge is -2.35. The first kappa shape index (κ1) is 20.7. The summed E-state index contributed by atoms with van der Waals surface area (Å²) in [6.07, 6.45) is 1.15. The molecular formula is C18H29N3O4S. The number of carbonyl (C=O) groups excluding carboxylic acids is 1. The van der Waals surface area contributed by atoms with E-state index in [1.54, 1.807) is 11.0 Å². The monoisotopic (exact) mass is 383 g/mol. The van der Waals surface area contributed by atoms with Gasteiger partial charge in [0.15, 0.2) is 0 Å². The van der Waals surface area contributed by atoms with Crippen LogP contribution >= 0.6 is 0 Å². The van der Waals surface area contributed by atoms with E-state index in [0.29, 0.717) is 24.6 Å². The van der Waals surface area contributed by atoms with Crippen LogP contribution in [-0.2, 0) is 10.0 Å². The van der Waals surface area contributed by atoms with Gasteiger partial charge in [0, 0.05) is 31.7 Å². The van der Waals surface area contributed by atoms with Gasteiger partial charge >= 0.3 is 0 Å². The van der Waals surface area contributed by atoms with Crippen molar-refractivity contribution in [3.8, 4) is 5.75 Å². The number of sulfonamides is 1. The molecule has 1 heterocycles. The Bertz CT molecular complexity index is 726. The second-order valence-electron chi connectivity index (χ2n) is 6.89. The molecule has 0 aliphatic carbocycles. The van der Waals surface area contributed by atoms with Crippen LogP contribution in [0.15, 0.2) is 23.1 Å². The summed E-state index contributed by atoms with van der Waals surface area (Å²) >= 11 is 0. The fourth-order valence-corrected chi connectivity index (χ4v) is 3.85. The van der Waals surface area contributed by atoms with Crippen LogP contribution in [0.25, 0.3) is 0 Å². The van der Waals surface area contributed by atoms with Gasteiger partial charge < -0.3 is 9.64 Å². The zero-order valence-electron chi connectivity index (χ0n) is 16.0. The van der Waals surface area contributed by atoms with Crippen LogP contribution in [0.2, 0.25) is 0 Å². The molecule has 2 rings (SSSR count). The number of hydrogen-bond donors (Lipinski definition) is 1. The first-order valence-electron chi connectivity index (χ1n) is 8.91. The maximum atomic E-state index is 12.8. The Labute approximate surface area is 156 Å². The predicted octanol–water partition coefficient (Wildman–Crippen LogP) is 1.41. The molecule has 0 radical (unpaired) electrons. The zero-order valence-corrected chi connectivity index (χ0v) is 16.8. The number of methoxy groups -OCH3 is 1. The summed E-state index contributed by atoms with van der Waals surface area (Å²) < 4.78 is 31.7. The van der Waals surface area contributed by atoms with Gasteiger partial charge in [-0.15, -0.1) is 0 Å². The summed E-state index contributed by atoms with van der Waals surface area (Å²) in [4.78, 5) is 16.9. The predicted molar refractivity (Wildman–Crippen MR) is 101 cm³/mol. The van der Waals surface area contributed by atoms with Gasteiger partial charge in [0.25, 0.3) is 5.91 Å². The highest BCUT2D eigenvalue weighted by Gasteiger charge is 2.25. The summed E-state index contributed by atoms with van der Waals surface area (Å²) in [6, 6.07) is 4.52. The zero-order chi connectivity index (χ0) is 19.3. The molecule has 146 valence electrons. The molecular weight excluding hydrogens is 354 g/mol. The van der Waals surface area contributed by atoms with Gasteiger partial charge in [-0.3, -0.25) is 9.69 Å². The molecule has 1 aliphatic rings. The molecule has 0 spiro atoms. The van der Waals surface area contributed by atoms with E-state index in [2.05, 4.69) is 23.5 Å². The molecule has 1 amide bonds. The highest BCUT2D eigenvalue weighted by Crippen LogP contribution is 2.25. The Kier molecular flexibility index (Phi) is 7.02. The van der Waals surface area contributed by atoms with Crippen molar-refractivity contribution in [2.75, 3.05) is 46.9 Å². The third-order valence-corrected chi connectivity index (χ3v) is 6.09. The van der Waals surface area contributed by atoms with Crippen molar-refractivity contribution in [2.24, 2.45) is 5.92 Å². The van der Waals surface area contributed by atoms with Gasteiger partial charge in [0.2, 0.25) is 10.0 Å². The van der Waals surface area contributed by atoms with Gasteiger partial charge in [-0.1, -0.05) is 13.8 Å². The number of rotatable bonds is 7. The standard InChI is InChI=1S/C18H29N3O4S/c1-14(2)7-8-20-9-11-21(12-10-20)18(22)15-5-6-16(25-4)17(13-15)26(23,24)19-3/h5-6,13-14,19H,7-12H2,1-4H3. The topological polar surface area (TPSA) is 79.0 Å². The maximum absolute atomic E-state index is 12.8. The van der Waals surface area contributed by atoms with E-state index in [1.165, 1.54) is 26.3 Å². The first-order valence-corrected chi connectivity index (χ1v) is 10.4. The minimum Gasteiger partial charge on any atom is -0.495 e. The summed E-state index contributed by atoms with van der Waals surface area (Å²) in [6.45, 7) is 8.45. The normalized spacial score (nSPS) is 16.1. The Hall–Kier alpha value is -1.64. The molecule has 0 aromatic heterocycles. The molecule has 8 heteroatoms. The summed E-state index contributed by atoms with van der Waals surface area (Å²) in [5.41, 5.74) is 0.357. The van der Waals surface area contributed by atoms with Crippen LogP contribution < -0.4 is 9.46 Å². The van der Waals surface area contributed by atoms with E-state index in [1.807, 2.05) is 0 Å². The number of nitrogens with one attached hydrogen (secondary N) is 1. The minimum absolute atomic E-state index is 0.0241. The molecule has 1 aromatic carbocycles. The van der Waals surface area contributed by atoms with E-state index in [4.69, 9.17) is 4.74 Å². The third kappa shape index (κ3) is 4.96. The molecule has 1 N–H and O–H groups in total.